The molecule has 3 atom stereocenters. The van der Waals surface area contributed by atoms with E-state index in [2.05, 4.69) is 10.3 Å². The summed E-state index contributed by atoms with van der Waals surface area (Å²) in [5.41, 5.74) is 0.841. The van der Waals surface area contributed by atoms with E-state index in [0.29, 0.717) is 6.42 Å². The first-order valence-corrected chi connectivity index (χ1v) is 9.57. The molecule has 1 amide bonds. The second-order valence-electron chi connectivity index (χ2n) is 6.86. The second-order valence-corrected chi connectivity index (χ2v) is 6.86. The Kier molecular flexibility index (Phi) is 10.3. The van der Waals surface area contributed by atoms with Gasteiger partial charge >= 0.3 is 0 Å². The molecular formula is C21H36N2O2. The monoisotopic (exact) mass is 348 g/mol. The van der Waals surface area contributed by atoms with Gasteiger partial charge in [0.15, 0.2) is 5.78 Å². The van der Waals surface area contributed by atoms with Crippen LogP contribution in [0.25, 0.3) is 0 Å². The highest BCUT2D eigenvalue weighted by Gasteiger charge is 2.45. The summed E-state index contributed by atoms with van der Waals surface area (Å²) in [6.45, 7) is 15.8. The molecule has 1 aliphatic rings. The summed E-state index contributed by atoms with van der Waals surface area (Å²) in [5.74, 6) is 0.305. The van der Waals surface area contributed by atoms with Gasteiger partial charge in [-0.3, -0.25) is 14.6 Å². The van der Waals surface area contributed by atoms with Gasteiger partial charge in [0.25, 0.3) is 0 Å². The topological polar surface area (TPSA) is 59.1 Å². The number of nitrogens with zero attached hydrogens (tertiary/aromatic N) is 1. The molecule has 1 heterocycles. The predicted octanol–water partition coefficient (Wildman–Crippen LogP) is 4.75. The fraction of sp³-hybridized carbons (Fsp3) is 0.667. The van der Waals surface area contributed by atoms with Crippen LogP contribution in [0.15, 0.2) is 24.5 Å². The molecule has 4 nitrogen and oxygen atoms in total. The number of carbonyl (C=O) groups is 2. The van der Waals surface area contributed by atoms with Crippen LogP contribution < -0.4 is 5.32 Å². The number of nitrogens with one attached hydrogen (secondary N) is 1. The molecule has 25 heavy (non-hydrogen) atoms. The third-order valence-electron chi connectivity index (χ3n) is 4.06. The number of amides is 1. The van der Waals surface area contributed by atoms with E-state index in [-0.39, 0.29) is 28.9 Å². The van der Waals surface area contributed by atoms with Crippen molar-refractivity contribution in [2.75, 3.05) is 0 Å². The highest BCUT2D eigenvalue weighted by molar-refractivity contribution is 5.91. The second kappa shape index (κ2) is 11.0. The first kappa shape index (κ1) is 23.3. The summed E-state index contributed by atoms with van der Waals surface area (Å²) >= 11 is 0. The molecule has 0 saturated heterocycles. The van der Waals surface area contributed by atoms with E-state index < -0.39 is 6.04 Å². The summed E-state index contributed by atoms with van der Waals surface area (Å²) < 4.78 is 0. The molecule has 1 aromatic rings. The van der Waals surface area contributed by atoms with E-state index in [4.69, 9.17) is 0 Å². The summed E-state index contributed by atoms with van der Waals surface area (Å²) in [6, 6.07) is 3.48. The van der Waals surface area contributed by atoms with Crippen LogP contribution in [0, 0.1) is 11.3 Å². The lowest BCUT2D eigenvalue weighted by Crippen LogP contribution is -2.49. The Balaban J connectivity index is 0.00000134. The SMILES string of the molecule is CC.CC.CCC(=O)C(NC(=O)[C@H]1CC1c1cccnc1)C(C)(C)C. The zero-order chi connectivity index (χ0) is 19.6. The van der Waals surface area contributed by atoms with Crippen LogP contribution in [0.4, 0.5) is 0 Å². The molecule has 2 rings (SSSR count). The highest BCUT2D eigenvalue weighted by Crippen LogP contribution is 2.47. The normalized spacial score (nSPS) is 19.4. The number of ketones is 1. The molecule has 0 radical (unpaired) electrons. The lowest BCUT2D eigenvalue weighted by atomic mass is 9.83. The molecule has 1 aromatic heterocycles. The third kappa shape index (κ3) is 6.97. The molecule has 1 fully saturated rings. The van der Waals surface area contributed by atoms with E-state index in [1.54, 1.807) is 6.20 Å². The van der Waals surface area contributed by atoms with Crippen molar-refractivity contribution in [2.24, 2.45) is 11.3 Å². The van der Waals surface area contributed by atoms with Gasteiger partial charge in [-0.2, -0.15) is 0 Å². The van der Waals surface area contributed by atoms with Crippen molar-refractivity contribution >= 4 is 11.7 Å². The van der Waals surface area contributed by atoms with Crippen molar-refractivity contribution in [1.29, 1.82) is 0 Å². The van der Waals surface area contributed by atoms with Crippen LogP contribution in [0.1, 0.15) is 79.7 Å². The van der Waals surface area contributed by atoms with Gasteiger partial charge in [0, 0.05) is 24.7 Å². The summed E-state index contributed by atoms with van der Waals surface area (Å²) in [5, 5.41) is 2.96. The van der Waals surface area contributed by atoms with E-state index >= 15 is 0 Å². The van der Waals surface area contributed by atoms with E-state index in [0.717, 1.165) is 12.0 Å². The summed E-state index contributed by atoms with van der Waals surface area (Å²) in [7, 11) is 0. The van der Waals surface area contributed by atoms with Gasteiger partial charge in [-0.1, -0.05) is 61.5 Å². The lowest BCUT2D eigenvalue weighted by Gasteiger charge is -2.30. The van der Waals surface area contributed by atoms with Crippen LogP contribution in [-0.2, 0) is 9.59 Å². The van der Waals surface area contributed by atoms with E-state index in [1.807, 2.05) is 73.7 Å². The molecule has 0 aliphatic heterocycles. The average Bonchev–Trinajstić information content (AvgIpc) is 3.43. The fourth-order valence-corrected chi connectivity index (χ4v) is 2.68. The molecular weight excluding hydrogens is 312 g/mol. The molecule has 0 aromatic carbocycles. The first-order valence-electron chi connectivity index (χ1n) is 9.57. The van der Waals surface area contributed by atoms with Gasteiger partial charge in [-0.05, 0) is 29.4 Å². The summed E-state index contributed by atoms with van der Waals surface area (Å²) in [6.07, 6.45) is 4.83. The highest BCUT2D eigenvalue weighted by atomic mass is 16.2. The molecule has 1 N–H and O–H groups in total. The minimum absolute atomic E-state index is 0.00872. The predicted molar refractivity (Wildman–Crippen MR) is 104 cm³/mol. The van der Waals surface area contributed by atoms with Crippen molar-refractivity contribution in [3.63, 3.8) is 0 Å². The largest absolute Gasteiger partial charge is 0.346 e. The molecule has 142 valence electrons. The van der Waals surface area contributed by atoms with Crippen molar-refractivity contribution in [3.8, 4) is 0 Å². The number of carbonyl (C=O) groups excluding carboxylic acids is 2. The summed E-state index contributed by atoms with van der Waals surface area (Å²) in [4.78, 5) is 28.5. The Morgan fingerprint density at radius 3 is 2.28 bits per heavy atom. The lowest BCUT2D eigenvalue weighted by molar-refractivity contribution is -0.130. The number of hydrogen-bond acceptors (Lipinski definition) is 3. The van der Waals surface area contributed by atoms with Crippen molar-refractivity contribution < 1.29 is 9.59 Å². The number of pyridine rings is 1. The van der Waals surface area contributed by atoms with Crippen LogP contribution in [0.2, 0.25) is 0 Å². The maximum absolute atomic E-state index is 12.4. The van der Waals surface area contributed by atoms with Crippen LogP contribution in [-0.4, -0.2) is 22.7 Å². The Bertz CT molecular complexity index is 520. The number of hydrogen-bond donors (Lipinski definition) is 1. The van der Waals surface area contributed by atoms with Gasteiger partial charge in [-0.25, -0.2) is 0 Å². The standard InChI is InChI=1S/C17H24N2O2.2C2H6/c1-5-14(20)15(17(2,3)4)19-16(21)13-9-12(13)11-7-6-8-18-10-11;2*1-2/h6-8,10,12-13,15H,5,9H2,1-4H3,(H,19,21);2*1-2H3/t12?,13-,15?;;/m0../s1. The molecule has 0 spiro atoms. The Morgan fingerprint density at radius 2 is 1.84 bits per heavy atom. The van der Waals surface area contributed by atoms with Crippen LogP contribution in [0.3, 0.4) is 0 Å². The molecule has 1 aliphatic carbocycles. The zero-order valence-corrected chi connectivity index (χ0v) is 17.2. The number of rotatable bonds is 5. The van der Waals surface area contributed by atoms with Crippen molar-refractivity contribution in [1.82, 2.24) is 10.3 Å². The van der Waals surface area contributed by atoms with Gasteiger partial charge in [0.2, 0.25) is 5.91 Å². The Labute approximate surface area is 153 Å². The van der Waals surface area contributed by atoms with Gasteiger partial charge in [0.05, 0.1) is 6.04 Å². The molecule has 1 saturated carbocycles. The maximum Gasteiger partial charge on any atom is 0.224 e. The molecule has 4 heteroatoms. The quantitative estimate of drug-likeness (QED) is 0.835. The van der Waals surface area contributed by atoms with Crippen molar-refractivity contribution in [3.05, 3.63) is 30.1 Å². The molecule has 0 bridgehead atoms. The van der Waals surface area contributed by atoms with Crippen LogP contribution >= 0.6 is 0 Å². The fourth-order valence-electron chi connectivity index (χ4n) is 2.68. The first-order chi connectivity index (χ1) is 11.8. The third-order valence-corrected chi connectivity index (χ3v) is 4.06. The molecule has 2 unspecified atom stereocenters. The minimum atomic E-state index is -0.412. The smallest absolute Gasteiger partial charge is 0.224 e. The number of Topliss-reactive ketones (excluding diaryl/α,β-unsaturated/α-hetero) is 1. The van der Waals surface area contributed by atoms with Gasteiger partial charge in [0.1, 0.15) is 0 Å². The van der Waals surface area contributed by atoms with Gasteiger partial charge < -0.3 is 5.32 Å². The average molecular weight is 349 g/mol. The van der Waals surface area contributed by atoms with E-state index in [9.17, 15) is 9.59 Å². The Hall–Kier alpha value is -1.71. The van der Waals surface area contributed by atoms with E-state index in [1.165, 1.54) is 0 Å². The Morgan fingerprint density at radius 1 is 1.24 bits per heavy atom. The van der Waals surface area contributed by atoms with Gasteiger partial charge in [-0.15, -0.1) is 0 Å². The number of aromatic nitrogens is 1. The maximum atomic E-state index is 12.4. The van der Waals surface area contributed by atoms with Crippen LogP contribution in [0.5, 0.6) is 0 Å². The minimum Gasteiger partial charge on any atom is -0.346 e. The zero-order valence-electron chi connectivity index (χ0n) is 17.2. The van der Waals surface area contributed by atoms with Crippen molar-refractivity contribution in [2.45, 2.75) is 80.2 Å².